The van der Waals surface area contributed by atoms with Gasteiger partial charge in [-0.1, -0.05) is 30.3 Å². The lowest BCUT2D eigenvalue weighted by atomic mass is 9.76. The SMILES string of the molecule is Cl.Cl.O=c1cc(CN2CC3CNCC3(CCc3ccccc3)C2)nc2c(O)cccn12. The van der Waals surface area contributed by atoms with E-state index in [-0.39, 0.29) is 41.5 Å². The second kappa shape index (κ2) is 9.57. The van der Waals surface area contributed by atoms with E-state index in [0.29, 0.717) is 18.1 Å². The Morgan fingerprint density at radius 2 is 1.97 bits per heavy atom. The third-order valence-corrected chi connectivity index (χ3v) is 6.61. The Balaban J connectivity index is 0.00000136. The highest BCUT2D eigenvalue weighted by molar-refractivity contribution is 5.85. The Bertz CT molecular complexity index is 1090. The van der Waals surface area contributed by atoms with Gasteiger partial charge in [-0.25, -0.2) is 4.98 Å². The lowest BCUT2D eigenvalue weighted by Crippen LogP contribution is -2.33. The number of likely N-dealkylation sites (tertiary alicyclic amines) is 1. The molecular formula is C23H28Cl2N4O2. The zero-order valence-electron chi connectivity index (χ0n) is 17.2. The molecule has 2 aliphatic rings. The van der Waals surface area contributed by atoms with E-state index in [2.05, 4.69) is 45.5 Å². The van der Waals surface area contributed by atoms with Crippen molar-refractivity contribution in [2.45, 2.75) is 19.4 Å². The topological polar surface area (TPSA) is 69.9 Å². The summed E-state index contributed by atoms with van der Waals surface area (Å²) < 4.78 is 1.39. The molecular weight excluding hydrogens is 435 g/mol. The van der Waals surface area contributed by atoms with Crippen LogP contribution in [0.1, 0.15) is 17.7 Å². The molecule has 31 heavy (non-hydrogen) atoms. The molecule has 2 fully saturated rings. The van der Waals surface area contributed by atoms with Crippen LogP contribution in [0.2, 0.25) is 0 Å². The third-order valence-electron chi connectivity index (χ3n) is 6.61. The molecule has 166 valence electrons. The van der Waals surface area contributed by atoms with Gasteiger partial charge in [-0.15, -0.1) is 24.8 Å². The first kappa shape index (κ1) is 23.5. The number of fused-ring (bicyclic) bond motifs is 2. The average Bonchev–Trinajstić information content (AvgIpc) is 3.25. The van der Waals surface area contributed by atoms with E-state index in [1.165, 1.54) is 16.4 Å². The van der Waals surface area contributed by atoms with Crippen LogP contribution in [-0.2, 0) is 13.0 Å². The third kappa shape index (κ3) is 4.58. The van der Waals surface area contributed by atoms with E-state index in [4.69, 9.17) is 0 Å². The second-order valence-electron chi connectivity index (χ2n) is 8.52. The van der Waals surface area contributed by atoms with Crippen LogP contribution >= 0.6 is 24.8 Å². The smallest absolute Gasteiger partial charge is 0.258 e. The summed E-state index contributed by atoms with van der Waals surface area (Å²) in [4.78, 5) is 19.4. The van der Waals surface area contributed by atoms with Crippen LogP contribution in [-0.4, -0.2) is 45.6 Å². The molecule has 5 rings (SSSR count). The zero-order valence-corrected chi connectivity index (χ0v) is 18.9. The molecule has 3 aromatic rings. The van der Waals surface area contributed by atoms with Crippen molar-refractivity contribution in [3.63, 3.8) is 0 Å². The number of nitrogens with one attached hydrogen (secondary N) is 1. The monoisotopic (exact) mass is 462 g/mol. The first-order chi connectivity index (χ1) is 14.1. The molecule has 0 saturated carbocycles. The molecule has 0 spiro atoms. The van der Waals surface area contributed by atoms with Crippen molar-refractivity contribution in [1.29, 1.82) is 0 Å². The van der Waals surface area contributed by atoms with Crippen molar-refractivity contribution >= 4 is 30.5 Å². The molecule has 2 aromatic heterocycles. The molecule has 2 aliphatic heterocycles. The minimum Gasteiger partial charge on any atom is -0.504 e. The predicted molar refractivity (Wildman–Crippen MR) is 126 cm³/mol. The molecule has 2 saturated heterocycles. The number of hydrogen-bond donors (Lipinski definition) is 2. The van der Waals surface area contributed by atoms with Crippen LogP contribution in [0, 0.1) is 11.3 Å². The summed E-state index contributed by atoms with van der Waals surface area (Å²) in [5.41, 5.74) is 2.58. The maximum Gasteiger partial charge on any atom is 0.258 e. The maximum absolute atomic E-state index is 12.4. The number of aromatic nitrogens is 2. The van der Waals surface area contributed by atoms with Gasteiger partial charge < -0.3 is 10.4 Å². The minimum absolute atomic E-state index is 0. The first-order valence-electron chi connectivity index (χ1n) is 10.3. The van der Waals surface area contributed by atoms with Gasteiger partial charge in [-0.2, -0.15) is 0 Å². The molecule has 2 atom stereocenters. The predicted octanol–water partition coefficient (Wildman–Crippen LogP) is 2.90. The van der Waals surface area contributed by atoms with E-state index in [0.717, 1.165) is 38.3 Å². The summed E-state index contributed by atoms with van der Waals surface area (Å²) in [6.45, 7) is 4.78. The first-order valence-corrected chi connectivity index (χ1v) is 10.3. The highest BCUT2D eigenvalue weighted by Crippen LogP contribution is 2.43. The van der Waals surface area contributed by atoms with Crippen molar-refractivity contribution in [2.24, 2.45) is 11.3 Å². The number of aryl methyl sites for hydroxylation is 1. The van der Waals surface area contributed by atoms with Gasteiger partial charge in [0.25, 0.3) is 5.56 Å². The Morgan fingerprint density at radius 3 is 2.77 bits per heavy atom. The molecule has 8 heteroatoms. The van der Waals surface area contributed by atoms with Crippen molar-refractivity contribution < 1.29 is 5.11 Å². The summed E-state index contributed by atoms with van der Waals surface area (Å²) in [5.74, 6) is 0.662. The maximum atomic E-state index is 12.4. The summed E-state index contributed by atoms with van der Waals surface area (Å²) in [6.07, 6.45) is 3.90. The average molecular weight is 463 g/mol. The van der Waals surface area contributed by atoms with E-state index < -0.39 is 0 Å². The number of rotatable bonds is 5. The van der Waals surface area contributed by atoms with Crippen molar-refractivity contribution in [3.05, 3.63) is 76.3 Å². The Morgan fingerprint density at radius 1 is 1.16 bits per heavy atom. The number of hydrogen-bond acceptors (Lipinski definition) is 5. The van der Waals surface area contributed by atoms with Crippen LogP contribution in [0.15, 0.2) is 59.5 Å². The van der Waals surface area contributed by atoms with Gasteiger partial charge in [-0.3, -0.25) is 14.1 Å². The van der Waals surface area contributed by atoms with E-state index in [1.54, 1.807) is 24.4 Å². The van der Waals surface area contributed by atoms with Gasteiger partial charge in [0.05, 0.1) is 5.69 Å². The van der Waals surface area contributed by atoms with Gasteiger partial charge >= 0.3 is 0 Å². The number of pyridine rings is 1. The number of aromatic hydroxyl groups is 1. The highest BCUT2D eigenvalue weighted by Gasteiger charge is 2.48. The van der Waals surface area contributed by atoms with Gasteiger partial charge in [-0.05, 0) is 43.0 Å². The van der Waals surface area contributed by atoms with Crippen LogP contribution in [0.3, 0.4) is 0 Å². The van der Waals surface area contributed by atoms with E-state index in [9.17, 15) is 9.90 Å². The van der Waals surface area contributed by atoms with Crippen molar-refractivity contribution in [3.8, 4) is 5.75 Å². The van der Waals surface area contributed by atoms with Gasteiger partial charge in [0, 0.05) is 43.9 Å². The van der Waals surface area contributed by atoms with Gasteiger partial charge in [0.2, 0.25) is 0 Å². The van der Waals surface area contributed by atoms with Crippen LogP contribution in [0.25, 0.3) is 5.65 Å². The lowest BCUT2D eigenvalue weighted by Gasteiger charge is -2.28. The number of halogens is 2. The fourth-order valence-electron chi connectivity index (χ4n) is 5.12. The minimum atomic E-state index is -0.152. The van der Waals surface area contributed by atoms with E-state index >= 15 is 0 Å². The quantitative estimate of drug-likeness (QED) is 0.609. The molecule has 0 amide bonds. The molecule has 0 aliphatic carbocycles. The van der Waals surface area contributed by atoms with Crippen molar-refractivity contribution in [1.82, 2.24) is 19.6 Å². The lowest BCUT2D eigenvalue weighted by molar-refractivity contribution is 0.236. The van der Waals surface area contributed by atoms with Gasteiger partial charge in [0.1, 0.15) is 0 Å². The molecule has 4 heterocycles. The Labute approximate surface area is 194 Å². The van der Waals surface area contributed by atoms with Crippen LogP contribution in [0.4, 0.5) is 0 Å². The highest BCUT2D eigenvalue weighted by atomic mass is 35.5. The second-order valence-corrected chi connectivity index (χ2v) is 8.52. The molecule has 6 nitrogen and oxygen atoms in total. The summed E-state index contributed by atoms with van der Waals surface area (Å²) in [5, 5.41) is 13.7. The zero-order chi connectivity index (χ0) is 19.8. The Hall–Kier alpha value is -2.12. The Kier molecular flexibility index (Phi) is 7.27. The largest absolute Gasteiger partial charge is 0.504 e. The van der Waals surface area contributed by atoms with E-state index in [1.807, 2.05) is 0 Å². The molecule has 2 N–H and O–H groups in total. The van der Waals surface area contributed by atoms with Crippen LogP contribution < -0.4 is 10.9 Å². The number of benzene rings is 1. The molecule has 0 bridgehead atoms. The van der Waals surface area contributed by atoms with Crippen LogP contribution in [0.5, 0.6) is 5.75 Å². The summed E-state index contributed by atoms with van der Waals surface area (Å²) in [6, 6.07) is 15.5. The molecule has 1 aromatic carbocycles. The molecule has 2 unspecified atom stereocenters. The van der Waals surface area contributed by atoms with Crippen molar-refractivity contribution in [2.75, 3.05) is 26.2 Å². The fourth-order valence-corrected chi connectivity index (χ4v) is 5.12. The summed E-state index contributed by atoms with van der Waals surface area (Å²) >= 11 is 0. The molecule has 0 radical (unpaired) electrons. The standard InChI is InChI=1S/C23H26N4O2.2ClH/c28-20-7-4-10-27-21(29)11-19(25-22(20)27)14-26-13-18-12-24-15-23(18,16-26)9-8-17-5-2-1-3-6-17;;/h1-7,10-11,18,24,28H,8-9,12-16H2;2*1H. The fraction of sp³-hybridized carbons (Fsp3) is 0.391. The van der Waals surface area contributed by atoms with Gasteiger partial charge in [0.15, 0.2) is 11.4 Å². The normalized spacial score (nSPS) is 22.6. The number of nitrogens with zero attached hydrogens (tertiary/aromatic N) is 3. The summed E-state index contributed by atoms with van der Waals surface area (Å²) in [7, 11) is 0.